The van der Waals surface area contributed by atoms with E-state index in [1.54, 1.807) is 11.7 Å². The average Bonchev–Trinajstić information content (AvgIpc) is 2.86. The van der Waals surface area contributed by atoms with E-state index >= 15 is 0 Å². The fraction of sp³-hybridized carbons (Fsp3) is 0.474. The minimum Gasteiger partial charge on any atom is -0.344 e. The molecular weight excluding hydrogens is 322 g/mol. The van der Waals surface area contributed by atoms with E-state index in [0.717, 1.165) is 24.1 Å². The molecule has 2 unspecified atom stereocenters. The smallest absolute Gasteiger partial charge is 0.273 e. The number of aromatic nitrogens is 2. The van der Waals surface area contributed by atoms with Crippen LogP contribution in [-0.4, -0.2) is 15.7 Å². The quantitative estimate of drug-likeness (QED) is 0.817. The number of halogens is 1. The van der Waals surface area contributed by atoms with Crippen molar-refractivity contribution in [2.45, 2.75) is 52.5 Å². The van der Waals surface area contributed by atoms with Crippen LogP contribution >= 0.6 is 11.6 Å². The van der Waals surface area contributed by atoms with Gasteiger partial charge in [0.2, 0.25) is 0 Å². The lowest BCUT2D eigenvalue weighted by Gasteiger charge is -2.18. The summed E-state index contributed by atoms with van der Waals surface area (Å²) in [6, 6.07) is 8.44. The molecule has 1 aromatic carbocycles. The number of rotatable bonds is 6. The predicted octanol–water partition coefficient (Wildman–Crippen LogP) is 4.78. The Bertz CT molecular complexity index is 706. The van der Waals surface area contributed by atoms with Crippen molar-refractivity contribution >= 4 is 17.5 Å². The minimum absolute atomic E-state index is 0.0538. The predicted molar refractivity (Wildman–Crippen MR) is 98.6 cm³/mol. The van der Waals surface area contributed by atoms with Crippen LogP contribution in [0.5, 0.6) is 0 Å². The molecule has 0 fully saturated rings. The van der Waals surface area contributed by atoms with Crippen molar-refractivity contribution in [3.8, 4) is 0 Å². The summed E-state index contributed by atoms with van der Waals surface area (Å²) in [5.41, 5.74) is 3.49. The SMILES string of the molecule is CCC(C)c1ccc(C(CC)NC(=O)c2nn(C)c(C)c2Cl)cc1. The molecule has 0 aliphatic heterocycles. The molecular formula is C19H26ClN3O. The van der Waals surface area contributed by atoms with Crippen molar-refractivity contribution < 1.29 is 4.79 Å². The molecule has 1 N–H and O–H groups in total. The molecule has 1 aromatic heterocycles. The van der Waals surface area contributed by atoms with E-state index in [9.17, 15) is 4.79 Å². The number of hydrogen-bond acceptors (Lipinski definition) is 2. The third kappa shape index (κ3) is 3.81. The molecule has 2 atom stereocenters. The minimum atomic E-state index is -0.235. The van der Waals surface area contributed by atoms with E-state index in [1.165, 1.54) is 5.56 Å². The summed E-state index contributed by atoms with van der Waals surface area (Å²) in [4.78, 5) is 12.5. The number of carbonyl (C=O) groups is 1. The van der Waals surface area contributed by atoms with Gasteiger partial charge in [-0.15, -0.1) is 0 Å². The van der Waals surface area contributed by atoms with Crippen molar-refractivity contribution in [2.75, 3.05) is 0 Å². The monoisotopic (exact) mass is 347 g/mol. The summed E-state index contributed by atoms with van der Waals surface area (Å²) < 4.78 is 1.62. The van der Waals surface area contributed by atoms with Crippen LogP contribution in [0.2, 0.25) is 5.02 Å². The third-order valence-corrected chi connectivity index (χ3v) is 5.16. The highest BCUT2D eigenvalue weighted by molar-refractivity contribution is 6.34. The highest BCUT2D eigenvalue weighted by Gasteiger charge is 2.21. The van der Waals surface area contributed by atoms with Crippen LogP contribution < -0.4 is 5.32 Å². The molecule has 0 aliphatic carbocycles. The van der Waals surface area contributed by atoms with Gasteiger partial charge in [-0.05, 0) is 36.8 Å². The summed E-state index contributed by atoms with van der Waals surface area (Å²) in [6.45, 7) is 8.31. The van der Waals surface area contributed by atoms with Crippen molar-refractivity contribution in [1.29, 1.82) is 0 Å². The summed E-state index contributed by atoms with van der Waals surface area (Å²) in [5, 5.41) is 7.67. The molecule has 0 bridgehead atoms. The maximum absolute atomic E-state index is 12.5. The summed E-state index contributed by atoms with van der Waals surface area (Å²) >= 11 is 6.21. The largest absolute Gasteiger partial charge is 0.344 e. The van der Waals surface area contributed by atoms with Gasteiger partial charge in [0.15, 0.2) is 5.69 Å². The molecule has 2 rings (SSSR count). The van der Waals surface area contributed by atoms with E-state index in [0.29, 0.717) is 10.9 Å². The lowest BCUT2D eigenvalue weighted by Crippen LogP contribution is -2.28. The normalized spacial score (nSPS) is 13.6. The zero-order valence-electron chi connectivity index (χ0n) is 15.1. The van der Waals surface area contributed by atoms with Crippen LogP contribution in [0.1, 0.15) is 72.9 Å². The number of carbonyl (C=O) groups excluding carboxylic acids is 1. The fourth-order valence-electron chi connectivity index (χ4n) is 2.67. The van der Waals surface area contributed by atoms with Crippen LogP contribution in [-0.2, 0) is 7.05 Å². The average molecular weight is 348 g/mol. The Labute approximate surface area is 149 Å². The number of hydrogen-bond donors (Lipinski definition) is 1. The standard InChI is InChI=1S/C19H26ClN3O/c1-6-12(3)14-8-10-15(11-9-14)16(7-2)21-19(24)18-17(20)13(4)23(5)22-18/h8-12,16H,6-7H2,1-5H3,(H,21,24). The van der Waals surface area contributed by atoms with E-state index in [1.807, 2.05) is 6.92 Å². The Balaban J connectivity index is 2.16. The molecule has 0 saturated carbocycles. The molecule has 130 valence electrons. The van der Waals surface area contributed by atoms with Gasteiger partial charge in [-0.2, -0.15) is 5.10 Å². The van der Waals surface area contributed by atoms with Crippen LogP contribution in [0.15, 0.2) is 24.3 Å². The van der Waals surface area contributed by atoms with Crippen LogP contribution in [0.25, 0.3) is 0 Å². The molecule has 0 aliphatic rings. The van der Waals surface area contributed by atoms with Gasteiger partial charge in [0.25, 0.3) is 5.91 Å². The Morgan fingerprint density at radius 2 is 1.79 bits per heavy atom. The topological polar surface area (TPSA) is 46.9 Å². The maximum atomic E-state index is 12.5. The Kier molecular flexibility index (Phi) is 6.05. The first-order valence-corrected chi connectivity index (χ1v) is 8.86. The Morgan fingerprint density at radius 3 is 2.25 bits per heavy atom. The van der Waals surface area contributed by atoms with Gasteiger partial charge in [-0.25, -0.2) is 0 Å². The molecule has 2 aromatic rings. The number of aryl methyl sites for hydroxylation is 1. The first-order valence-electron chi connectivity index (χ1n) is 8.48. The van der Waals surface area contributed by atoms with Crippen LogP contribution in [0, 0.1) is 6.92 Å². The molecule has 5 heteroatoms. The summed E-state index contributed by atoms with van der Waals surface area (Å²) in [6.07, 6.45) is 1.92. The number of amides is 1. The number of nitrogens with zero attached hydrogens (tertiary/aromatic N) is 2. The number of nitrogens with one attached hydrogen (secondary N) is 1. The molecule has 24 heavy (non-hydrogen) atoms. The summed E-state index contributed by atoms with van der Waals surface area (Å²) in [5.74, 6) is 0.311. The lowest BCUT2D eigenvalue weighted by molar-refractivity contribution is 0.0930. The van der Waals surface area contributed by atoms with Gasteiger partial charge < -0.3 is 5.32 Å². The van der Waals surface area contributed by atoms with E-state index in [2.05, 4.69) is 55.5 Å². The van der Waals surface area contributed by atoms with E-state index < -0.39 is 0 Å². The molecule has 1 amide bonds. The zero-order valence-corrected chi connectivity index (χ0v) is 15.8. The zero-order chi connectivity index (χ0) is 17.9. The third-order valence-electron chi connectivity index (χ3n) is 4.71. The van der Waals surface area contributed by atoms with Crippen LogP contribution in [0.3, 0.4) is 0 Å². The van der Waals surface area contributed by atoms with Crippen molar-refractivity contribution in [1.82, 2.24) is 15.1 Å². The second-order valence-corrected chi connectivity index (χ2v) is 6.66. The molecule has 0 spiro atoms. The number of benzene rings is 1. The van der Waals surface area contributed by atoms with Gasteiger partial charge >= 0.3 is 0 Å². The van der Waals surface area contributed by atoms with Crippen molar-refractivity contribution in [3.05, 3.63) is 51.8 Å². The first-order chi connectivity index (χ1) is 11.4. The van der Waals surface area contributed by atoms with Gasteiger partial charge in [0.05, 0.1) is 16.8 Å². The van der Waals surface area contributed by atoms with Gasteiger partial charge in [-0.1, -0.05) is 56.6 Å². The van der Waals surface area contributed by atoms with Crippen molar-refractivity contribution in [3.63, 3.8) is 0 Å². The van der Waals surface area contributed by atoms with Crippen molar-refractivity contribution in [2.24, 2.45) is 7.05 Å². The Morgan fingerprint density at radius 1 is 1.21 bits per heavy atom. The van der Waals surface area contributed by atoms with Gasteiger partial charge in [-0.3, -0.25) is 9.48 Å². The van der Waals surface area contributed by atoms with Gasteiger partial charge in [0.1, 0.15) is 0 Å². The van der Waals surface area contributed by atoms with E-state index in [-0.39, 0.29) is 17.6 Å². The molecule has 1 heterocycles. The fourth-order valence-corrected chi connectivity index (χ4v) is 2.91. The molecule has 0 radical (unpaired) electrons. The highest BCUT2D eigenvalue weighted by Crippen LogP contribution is 2.24. The second kappa shape index (κ2) is 7.84. The Hall–Kier alpha value is -1.81. The lowest BCUT2D eigenvalue weighted by atomic mass is 9.95. The second-order valence-electron chi connectivity index (χ2n) is 6.28. The molecule has 0 saturated heterocycles. The molecule has 4 nitrogen and oxygen atoms in total. The van der Waals surface area contributed by atoms with Crippen LogP contribution in [0.4, 0.5) is 0 Å². The summed E-state index contributed by atoms with van der Waals surface area (Å²) in [7, 11) is 1.78. The van der Waals surface area contributed by atoms with Gasteiger partial charge in [0, 0.05) is 7.05 Å². The van der Waals surface area contributed by atoms with E-state index in [4.69, 9.17) is 11.6 Å². The first kappa shape index (κ1) is 18.5. The maximum Gasteiger partial charge on any atom is 0.273 e. The highest BCUT2D eigenvalue weighted by atomic mass is 35.5.